The maximum absolute atomic E-state index is 2.37. The lowest BCUT2D eigenvalue weighted by atomic mass is 10.2. The fraction of sp³-hybridized carbons (Fsp3) is 1.00. The molecule has 0 saturated heterocycles. The summed E-state index contributed by atoms with van der Waals surface area (Å²) >= 11 is 0. The maximum Gasteiger partial charge on any atom is 0.00356 e. The van der Waals surface area contributed by atoms with Crippen molar-refractivity contribution < 1.29 is 0 Å². The predicted molar refractivity (Wildman–Crippen MR) is 42.6 cm³/mol. The number of hydrogen-bond acceptors (Lipinski definition) is 1. The van der Waals surface area contributed by atoms with E-state index in [0.717, 1.165) is 5.92 Å². The topological polar surface area (TPSA) is 3.24 Å². The molecule has 1 heteroatoms. The van der Waals surface area contributed by atoms with Crippen LogP contribution in [0.4, 0.5) is 0 Å². The third-order valence-corrected chi connectivity index (χ3v) is 1.53. The summed E-state index contributed by atoms with van der Waals surface area (Å²) in [6.45, 7) is 10.2. The second kappa shape index (κ2) is 3.89. The third kappa shape index (κ3) is 4.46. The Labute approximate surface area is 59.1 Å². The van der Waals surface area contributed by atoms with Crippen LogP contribution in [0.25, 0.3) is 0 Å². The van der Waals surface area contributed by atoms with Crippen LogP contribution in [0.2, 0.25) is 0 Å². The first-order valence-corrected chi connectivity index (χ1v) is 3.74. The summed E-state index contributed by atoms with van der Waals surface area (Å²) in [6.07, 6.45) is 0. The van der Waals surface area contributed by atoms with E-state index < -0.39 is 0 Å². The molecule has 0 atom stereocenters. The Bertz CT molecular complexity index is 67.0. The average molecular weight is 129 g/mol. The second-order valence-electron chi connectivity index (χ2n) is 3.43. The molecule has 56 valence electrons. The number of nitrogens with zero attached hydrogens (tertiary/aromatic N) is 1. The number of hydrogen-bond donors (Lipinski definition) is 0. The Morgan fingerprint density at radius 3 is 1.67 bits per heavy atom. The highest BCUT2D eigenvalue weighted by atomic mass is 15.1. The molecular formula is C8H19N. The highest BCUT2D eigenvalue weighted by Gasteiger charge is 2.03. The first-order valence-electron chi connectivity index (χ1n) is 3.74. The molecule has 0 spiro atoms. The van der Waals surface area contributed by atoms with E-state index in [2.05, 4.69) is 39.6 Å². The highest BCUT2D eigenvalue weighted by Crippen LogP contribution is 1.99. The Morgan fingerprint density at radius 2 is 1.56 bits per heavy atom. The highest BCUT2D eigenvalue weighted by molar-refractivity contribution is 4.58. The van der Waals surface area contributed by atoms with Crippen LogP contribution in [-0.4, -0.2) is 24.5 Å². The summed E-state index contributed by atoms with van der Waals surface area (Å²) in [6, 6.07) is 0.687. The van der Waals surface area contributed by atoms with E-state index in [4.69, 9.17) is 0 Å². The molecule has 0 aromatic carbocycles. The molecule has 0 radical (unpaired) electrons. The van der Waals surface area contributed by atoms with E-state index in [1.165, 1.54) is 6.54 Å². The van der Waals surface area contributed by atoms with E-state index in [0.29, 0.717) is 6.04 Å². The molecule has 0 aromatic heterocycles. The van der Waals surface area contributed by atoms with E-state index in [1.807, 2.05) is 0 Å². The molecule has 0 N–H and O–H groups in total. The largest absolute Gasteiger partial charge is 0.304 e. The van der Waals surface area contributed by atoms with Crippen LogP contribution in [0.1, 0.15) is 27.7 Å². The van der Waals surface area contributed by atoms with Gasteiger partial charge in [0.25, 0.3) is 0 Å². The molecule has 1 nitrogen and oxygen atoms in total. The minimum absolute atomic E-state index is 0.687. The van der Waals surface area contributed by atoms with Crippen LogP contribution in [0, 0.1) is 5.92 Å². The van der Waals surface area contributed by atoms with Crippen molar-refractivity contribution in [3.8, 4) is 0 Å². The van der Waals surface area contributed by atoms with Gasteiger partial charge in [-0.3, -0.25) is 0 Å². The van der Waals surface area contributed by atoms with Crippen molar-refractivity contribution in [3.05, 3.63) is 0 Å². The molecule has 0 bridgehead atoms. The van der Waals surface area contributed by atoms with Crippen LogP contribution in [-0.2, 0) is 0 Å². The first kappa shape index (κ1) is 8.96. The molecule has 0 saturated carbocycles. The zero-order valence-corrected chi connectivity index (χ0v) is 7.31. The van der Waals surface area contributed by atoms with Gasteiger partial charge in [0.1, 0.15) is 0 Å². The summed E-state index contributed by atoms with van der Waals surface area (Å²) in [5, 5.41) is 0. The summed E-state index contributed by atoms with van der Waals surface area (Å²) in [7, 11) is 2.17. The van der Waals surface area contributed by atoms with Crippen LogP contribution < -0.4 is 0 Å². The number of rotatable bonds is 3. The quantitative estimate of drug-likeness (QED) is 0.563. The molecule has 0 unspecified atom stereocenters. The normalized spacial score (nSPS) is 12.0. The van der Waals surface area contributed by atoms with E-state index >= 15 is 0 Å². The van der Waals surface area contributed by atoms with Gasteiger partial charge in [-0.05, 0) is 26.8 Å². The molecule has 0 rings (SSSR count). The van der Waals surface area contributed by atoms with E-state index in [9.17, 15) is 0 Å². The molecule has 0 aliphatic carbocycles. The molecule has 0 amide bonds. The van der Waals surface area contributed by atoms with Gasteiger partial charge < -0.3 is 4.90 Å². The van der Waals surface area contributed by atoms with Crippen LogP contribution in [0.15, 0.2) is 0 Å². The molecule has 0 aliphatic heterocycles. The van der Waals surface area contributed by atoms with Crippen molar-refractivity contribution in [2.45, 2.75) is 33.7 Å². The summed E-state index contributed by atoms with van der Waals surface area (Å²) in [4.78, 5) is 2.37. The van der Waals surface area contributed by atoms with Gasteiger partial charge in [0.15, 0.2) is 0 Å². The lowest BCUT2D eigenvalue weighted by Crippen LogP contribution is -2.29. The van der Waals surface area contributed by atoms with E-state index in [1.54, 1.807) is 0 Å². The average Bonchev–Trinajstić information content (AvgIpc) is 1.63. The van der Waals surface area contributed by atoms with Gasteiger partial charge in [-0.15, -0.1) is 0 Å². The fourth-order valence-corrected chi connectivity index (χ4v) is 0.787. The minimum Gasteiger partial charge on any atom is -0.304 e. The predicted octanol–water partition coefficient (Wildman–Crippen LogP) is 1.98. The van der Waals surface area contributed by atoms with Crippen molar-refractivity contribution in [2.75, 3.05) is 13.6 Å². The first-order chi connectivity index (χ1) is 4.04. The smallest absolute Gasteiger partial charge is 0.00356 e. The summed E-state index contributed by atoms with van der Waals surface area (Å²) in [5.41, 5.74) is 0. The van der Waals surface area contributed by atoms with Crippen LogP contribution in [0.3, 0.4) is 0 Å². The monoisotopic (exact) mass is 129 g/mol. The second-order valence-corrected chi connectivity index (χ2v) is 3.43. The maximum atomic E-state index is 2.37. The van der Waals surface area contributed by atoms with Gasteiger partial charge in [-0.2, -0.15) is 0 Å². The molecule has 0 heterocycles. The fourth-order valence-electron chi connectivity index (χ4n) is 0.787. The molecule has 0 fully saturated rings. The lowest BCUT2D eigenvalue weighted by molar-refractivity contribution is 0.244. The van der Waals surface area contributed by atoms with Crippen LogP contribution >= 0.6 is 0 Å². The Hall–Kier alpha value is -0.0400. The minimum atomic E-state index is 0.687. The van der Waals surface area contributed by atoms with Gasteiger partial charge in [-0.1, -0.05) is 13.8 Å². The SMILES string of the molecule is CC(C)CN(C)C(C)C. The standard InChI is InChI=1S/C8H19N/c1-7(2)6-9(5)8(3)4/h7-8H,6H2,1-5H3. The Kier molecular flexibility index (Phi) is 3.87. The summed E-state index contributed by atoms with van der Waals surface area (Å²) < 4.78 is 0. The van der Waals surface area contributed by atoms with Gasteiger partial charge in [0, 0.05) is 12.6 Å². The Morgan fingerprint density at radius 1 is 1.11 bits per heavy atom. The summed E-state index contributed by atoms with van der Waals surface area (Å²) in [5.74, 6) is 0.789. The molecule has 9 heavy (non-hydrogen) atoms. The zero-order chi connectivity index (χ0) is 7.44. The van der Waals surface area contributed by atoms with Crippen molar-refractivity contribution >= 4 is 0 Å². The Balaban J connectivity index is 3.38. The van der Waals surface area contributed by atoms with Crippen molar-refractivity contribution in [1.82, 2.24) is 4.90 Å². The molecular weight excluding hydrogens is 110 g/mol. The van der Waals surface area contributed by atoms with Gasteiger partial charge in [0.2, 0.25) is 0 Å². The van der Waals surface area contributed by atoms with Crippen molar-refractivity contribution in [1.29, 1.82) is 0 Å². The van der Waals surface area contributed by atoms with Crippen LogP contribution in [0.5, 0.6) is 0 Å². The van der Waals surface area contributed by atoms with Gasteiger partial charge in [-0.25, -0.2) is 0 Å². The molecule has 0 aliphatic rings. The van der Waals surface area contributed by atoms with Crippen molar-refractivity contribution in [2.24, 2.45) is 5.92 Å². The van der Waals surface area contributed by atoms with Gasteiger partial charge >= 0.3 is 0 Å². The lowest BCUT2D eigenvalue weighted by Gasteiger charge is -2.22. The zero-order valence-electron chi connectivity index (χ0n) is 7.31. The molecule has 0 aromatic rings. The van der Waals surface area contributed by atoms with Gasteiger partial charge in [0.05, 0.1) is 0 Å². The van der Waals surface area contributed by atoms with Crippen molar-refractivity contribution in [3.63, 3.8) is 0 Å². The van der Waals surface area contributed by atoms with E-state index in [-0.39, 0.29) is 0 Å². The third-order valence-electron chi connectivity index (χ3n) is 1.53.